The lowest BCUT2D eigenvalue weighted by atomic mass is 9.80. The summed E-state index contributed by atoms with van der Waals surface area (Å²) in [5.74, 6) is -1.54. The van der Waals surface area contributed by atoms with Crippen LogP contribution < -0.4 is 10.6 Å². The average molecular weight is 632 g/mol. The van der Waals surface area contributed by atoms with Crippen molar-refractivity contribution in [2.75, 3.05) is 46.4 Å². The minimum Gasteiger partial charge on any atom is -0.383 e. The Hall–Kier alpha value is -4.25. The lowest BCUT2D eigenvalue weighted by Crippen LogP contribution is -2.51. The summed E-state index contributed by atoms with van der Waals surface area (Å²) in [6.45, 7) is 1.97. The van der Waals surface area contributed by atoms with Crippen LogP contribution in [-0.4, -0.2) is 96.7 Å². The Bertz CT molecular complexity index is 1400. The number of ether oxygens (including phenoxy) is 1. The van der Waals surface area contributed by atoms with Crippen LogP contribution in [0.5, 0.6) is 0 Å². The second-order valence-corrected chi connectivity index (χ2v) is 12.6. The maximum atomic E-state index is 14.0. The first-order chi connectivity index (χ1) is 22.3. The van der Waals surface area contributed by atoms with E-state index in [1.165, 1.54) is 4.90 Å². The van der Waals surface area contributed by atoms with E-state index in [-0.39, 0.29) is 86.3 Å². The first-order valence-electron chi connectivity index (χ1n) is 16.3. The van der Waals surface area contributed by atoms with Gasteiger partial charge in [0.1, 0.15) is 13.1 Å². The van der Waals surface area contributed by atoms with Crippen LogP contribution in [0.15, 0.2) is 54.6 Å². The van der Waals surface area contributed by atoms with Crippen molar-refractivity contribution >= 4 is 29.5 Å². The molecule has 3 aliphatic heterocycles. The smallest absolute Gasteiger partial charge is 0.242 e. The van der Waals surface area contributed by atoms with Crippen LogP contribution in [0, 0.1) is 11.8 Å². The van der Waals surface area contributed by atoms with E-state index in [9.17, 15) is 24.0 Å². The number of fused-ring (bicyclic) bond motifs is 3. The average Bonchev–Trinajstić information content (AvgIpc) is 3.52. The molecule has 0 aromatic heterocycles. The number of nitrogens with one attached hydrogen (secondary N) is 2. The van der Waals surface area contributed by atoms with Gasteiger partial charge in [-0.05, 0) is 47.8 Å². The molecule has 2 aromatic carbocycles. The van der Waals surface area contributed by atoms with Crippen LogP contribution in [0.3, 0.4) is 0 Å². The number of nitrogens with zero attached hydrogens (tertiary/aromatic N) is 3. The van der Waals surface area contributed by atoms with Crippen LogP contribution in [-0.2, 0) is 48.2 Å². The fraction of sp³-hybridized carbons (Fsp3) is 0.514. The monoisotopic (exact) mass is 631 g/mol. The molecule has 0 radical (unpaired) electrons. The standard InChI is InChI=1S/C35H45N5O6/c1-46-24-30-12-7-14-40(30)35(45)23-39-22-32(42)37-20-28-11-6-5-10-26(28)17-33(43)38-15-13-27(29(21-38)18-34(39)44)16-31(41)36-19-25-8-3-2-4-9-25/h2-6,8-11,27,29-30H,7,12-24H2,1H3,(H,36,41)(H,37,42)/t27-,29-,30+/m0/s1. The Balaban J connectivity index is 1.36. The molecule has 2 aromatic rings. The molecule has 5 amide bonds. The predicted molar refractivity (Wildman–Crippen MR) is 171 cm³/mol. The lowest BCUT2D eigenvalue weighted by molar-refractivity contribution is -0.145. The van der Waals surface area contributed by atoms with E-state index in [0.717, 1.165) is 29.5 Å². The Morgan fingerprint density at radius 2 is 1.72 bits per heavy atom. The number of benzene rings is 2. The van der Waals surface area contributed by atoms with Gasteiger partial charge in [0.2, 0.25) is 29.5 Å². The number of hydrogen-bond donors (Lipinski definition) is 2. The Kier molecular flexibility index (Phi) is 11.4. The molecule has 11 heteroatoms. The fourth-order valence-electron chi connectivity index (χ4n) is 6.88. The topological polar surface area (TPSA) is 128 Å². The van der Waals surface area contributed by atoms with Crippen LogP contribution in [0.25, 0.3) is 0 Å². The van der Waals surface area contributed by atoms with E-state index in [1.807, 2.05) is 54.6 Å². The SMILES string of the molecule is COC[C@H]1CCCN1C(=O)CN1CC(=O)NCc2ccccc2CC(=O)N2CC[C@@H](CC(=O)NCc3ccccc3)[C@@H](CC1=O)C2. The molecular formula is C35H45N5O6. The second kappa shape index (κ2) is 15.8. The third-order valence-corrected chi connectivity index (χ3v) is 9.47. The van der Waals surface area contributed by atoms with E-state index in [2.05, 4.69) is 10.6 Å². The normalized spacial score (nSPS) is 22.6. The number of carbonyl (C=O) groups excluding carboxylic acids is 5. The van der Waals surface area contributed by atoms with Crippen molar-refractivity contribution in [1.82, 2.24) is 25.3 Å². The molecule has 5 rings (SSSR count). The van der Waals surface area contributed by atoms with Gasteiger partial charge in [0.15, 0.2) is 0 Å². The van der Waals surface area contributed by atoms with Gasteiger partial charge in [-0.1, -0.05) is 54.6 Å². The number of amides is 5. The van der Waals surface area contributed by atoms with Crippen molar-refractivity contribution in [3.63, 3.8) is 0 Å². The zero-order chi connectivity index (χ0) is 32.5. The van der Waals surface area contributed by atoms with E-state index < -0.39 is 0 Å². The maximum absolute atomic E-state index is 14.0. The molecule has 0 saturated carbocycles. The summed E-state index contributed by atoms with van der Waals surface area (Å²) in [5, 5.41) is 5.88. The summed E-state index contributed by atoms with van der Waals surface area (Å²) in [6, 6.07) is 17.1. The van der Waals surface area contributed by atoms with Crippen molar-refractivity contribution in [2.45, 2.75) is 57.7 Å². The number of methoxy groups -OCH3 is 1. The first kappa shape index (κ1) is 33.1. The molecule has 46 heavy (non-hydrogen) atoms. The van der Waals surface area contributed by atoms with Crippen molar-refractivity contribution < 1.29 is 28.7 Å². The van der Waals surface area contributed by atoms with Crippen LogP contribution in [0.2, 0.25) is 0 Å². The maximum Gasteiger partial charge on any atom is 0.242 e. The highest BCUT2D eigenvalue weighted by Gasteiger charge is 2.37. The van der Waals surface area contributed by atoms with E-state index in [1.54, 1.807) is 16.9 Å². The first-order valence-corrected chi connectivity index (χ1v) is 16.3. The zero-order valence-electron chi connectivity index (χ0n) is 26.6. The van der Waals surface area contributed by atoms with E-state index in [4.69, 9.17) is 4.74 Å². The summed E-state index contributed by atoms with van der Waals surface area (Å²) < 4.78 is 5.31. The van der Waals surface area contributed by atoms with Gasteiger partial charge in [0, 0.05) is 52.7 Å². The van der Waals surface area contributed by atoms with Gasteiger partial charge >= 0.3 is 0 Å². The van der Waals surface area contributed by atoms with Crippen LogP contribution >= 0.6 is 0 Å². The molecule has 0 spiro atoms. The van der Waals surface area contributed by atoms with Gasteiger partial charge in [-0.25, -0.2) is 0 Å². The van der Waals surface area contributed by atoms with Gasteiger partial charge in [0.05, 0.1) is 19.1 Å². The van der Waals surface area contributed by atoms with Gasteiger partial charge in [-0.2, -0.15) is 0 Å². The number of likely N-dealkylation sites (tertiary alicyclic amines) is 1. The minimum atomic E-state index is -0.378. The lowest BCUT2D eigenvalue weighted by Gasteiger charge is -2.39. The largest absolute Gasteiger partial charge is 0.383 e. The fourth-order valence-corrected chi connectivity index (χ4v) is 6.88. The zero-order valence-corrected chi connectivity index (χ0v) is 26.6. The molecule has 3 atom stereocenters. The number of carbonyl (C=O) groups is 5. The van der Waals surface area contributed by atoms with E-state index >= 15 is 0 Å². The second-order valence-electron chi connectivity index (χ2n) is 12.6. The van der Waals surface area contributed by atoms with Crippen LogP contribution in [0.1, 0.15) is 48.8 Å². The summed E-state index contributed by atoms with van der Waals surface area (Å²) >= 11 is 0. The van der Waals surface area contributed by atoms with Crippen molar-refractivity contribution in [3.8, 4) is 0 Å². The quantitative estimate of drug-likeness (QED) is 0.458. The number of hydrogen-bond acceptors (Lipinski definition) is 6. The predicted octanol–water partition coefficient (Wildman–Crippen LogP) is 1.89. The van der Waals surface area contributed by atoms with Gasteiger partial charge < -0.3 is 30.1 Å². The number of rotatable bonds is 8. The molecule has 246 valence electrons. The van der Waals surface area contributed by atoms with Crippen molar-refractivity contribution in [1.29, 1.82) is 0 Å². The molecule has 3 heterocycles. The molecular weight excluding hydrogens is 586 g/mol. The Morgan fingerprint density at radius 3 is 2.50 bits per heavy atom. The van der Waals surface area contributed by atoms with Gasteiger partial charge in [-0.3, -0.25) is 24.0 Å². The third kappa shape index (κ3) is 8.72. The molecule has 0 unspecified atom stereocenters. The van der Waals surface area contributed by atoms with E-state index in [0.29, 0.717) is 39.2 Å². The molecule has 2 bridgehead atoms. The highest BCUT2D eigenvalue weighted by atomic mass is 16.5. The third-order valence-electron chi connectivity index (χ3n) is 9.47. The van der Waals surface area contributed by atoms with Gasteiger partial charge in [0.25, 0.3) is 0 Å². The summed E-state index contributed by atoms with van der Waals surface area (Å²) in [7, 11) is 1.60. The molecule has 11 nitrogen and oxygen atoms in total. The highest BCUT2D eigenvalue weighted by molar-refractivity contribution is 5.89. The van der Waals surface area contributed by atoms with Gasteiger partial charge in [-0.15, -0.1) is 0 Å². The molecule has 2 N–H and O–H groups in total. The molecule has 3 aliphatic rings. The summed E-state index contributed by atoms with van der Waals surface area (Å²) in [6.07, 6.45) is 2.70. The summed E-state index contributed by atoms with van der Waals surface area (Å²) in [5.41, 5.74) is 2.66. The highest BCUT2D eigenvalue weighted by Crippen LogP contribution is 2.31. The Morgan fingerprint density at radius 1 is 0.957 bits per heavy atom. The molecule has 0 aliphatic carbocycles. The van der Waals surface area contributed by atoms with Crippen molar-refractivity contribution in [2.24, 2.45) is 11.8 Å². The minimum absolute atomic E-state index is 0.0268. The molecule has 2 saturated heterocycles. The number of piperidine rings is 1. The summed E-state index contributed by atoms with van der Waals surface area (Å²) in [4.78, 5) is 72.1. The van der Waals surface area contributed by atoms with Crippen LogP contribution in [0.4, 0.5) is 0 Å². The Labute approximate surface area is 270 Å². The van der Waals surface area contributed by atoms with Crippen molar-refractivity contribution in [3.05, 3.63) is 71.3 Å². The molecule has 2 fully saturated rings.